The molecule has 0 saturated carbocycles. The van der Waals surface area contributed by atoms with Gasteiger partial charge in [-0.05, 0) is 43.7 Å². The van der Waals surface area contributed by atoms with Gasteiger partial charge in [-0.2, -0.15) is 0 Å². The van der Waals surface area contributed by atoms with Crippen molar-refractivity contribution < 1.29 is 14.5 Å². The Bertz CT molecular complexity index is 1280. The van der Waals surface area contributed by atoms with E-state index in [0.717, 1.165) is 28.4 Å². The third-order valence-corrected chi connectivity index (χ3v) is 6.87. The van der Waals surface area contributed by atoms with Crippen molar-refractivity contribution in [1.82, 2.24) is 0 Å². The Morgan fingerprint density at radius 2 is 1.91 bits per heavy atom. The predicted octanol–water partition coefficient (Wildman–Crippen LogP) is 5.90. The summed E-state index contributed by atoms with van der Waals surface area (Å²) in [6.45, 7) is 3.97. The highest BCUT2D eigenvalue weighted by atomic mass is 35.5. The smallest absolute Gasteiger partial charge is 0.288 e. The number of rotatable bonds is 5. The average Bonchev–Trinajstić information content (AvgIpc) is 3.15. The molecule has 1 aliphatic rings. The Morgan fingerprint density at radius 1 is 1.15 bits per heavy atom. The molecular formula is C24H20ClN3O4S. The Morgan fingerprint density at radius 3 is 2.64 bits per heavy atom. The van der Waals surface area contributed by atoms with Gasteiger partial charge in [0.1, 0.15) is 10.4 Å². The summed E-state index contributed by atoms with van der Waals surface area (Å²) in [6, 6.07) is 17.1. The van der Waals surface area contributed by atoms with Gasteiger partial charge in [0.25, 0.3) is 11.6 Å². The molecule has 3 aromatic carbocycles. The van der Waals surface area contributed by atoms with Crippen LogP contribution in [0.4, 0.5) is 17.1 Å². The van der Waals surface area contributed by atoms with Gasteiger partial charge in [0, 0.05) is 28.6 Å². The highest BCUT2D eigenvalue weighted by Gasteiger charge is 2.36. The van der Waals surface area contributed by atoms with E-state index in [2.05, 4.69) is 5.32 Å². The molecule has 1 fully saturated rings. The normalized spacial score (nSPS) is 15.5. The number of hydrogen-bond acceptors (Lipinski definition) is 5. The van der Waals surface area contributed by atoms with Crippen molar-refractivity contribution in [2.75, 3.05) is 16.0 Å². The van der Waals surface area contributed by atoms with Gasteiger partial charge in [-0.1, -0.05) is 47.5 Å². The standard InChI is InChI=1S/C24H20ClN3O4S/c1-14-7-10-20(15(2)11-14)27-22(29)13-33-24(27)17-5-3-4-6-19(17)26-23(30)16-8-9-18(25)21(12-16)28(31)32/h3-12,24H,13H2,1-2H3,(H,26,30). The maximum absolute atomic E-state index is 12.9. The zero-order valence-electron chi connectivity index (χ0n) is 17.9. The Hall–Kier alpha value is -3.36. The molecule has 33 heavy (non-hydrogen) atoms. The van der Waals surface area contributed by atoms with Crippen LogP contribution in [0, 0.1) is 24.0 Å². The summed E-state index contributed by atoms with van der Waals surface area (Å²) in [5.74, 6) is -0.190. The first-order valence-electron chi connectivity index (χ1n) is 10.1. The number of aryl methyl sites for hydroxylation is 2. The van der Waals surface area contributed by atoms with Crippen LogP contribution in [-0.2, 0) is 4.79 Å². The maximum Gasteiger partial charge on any atom is 0.288 e. The quantitative estimate of drug-likeness (QED) is 0.362. The molecule has 1 atom stereocenters. The molecule has 168 valence electrons. The molecule has 1 saturated heterocycles. The number of nitrogens with zero attached hydrogens (tertiary/aromatic N) is 2. The Labute approximate surface area is 199 Å². The molecule has 1 unspecified atom stereocenters. The van der Waals surface area contributed by atoms with Crippen LogP contribution < -0.4 is 10.2 Å². The van der Waals surface area contributed by atoms with Crippen LogP contribution in [0.5, 0.6) is 0 Å². The third kappa shape index (κ3) is 4.58. The third-order valence-electron chi connectivity index (χ3n) is 5.36. The fourth-order valence-corrected chi connectivity index (χ4v) is 5.20. The summed E-state index contributed by atoms with van der Waals surface area (Å²) in [5, 5.41) is 13.7. The lowest BCUT2D eigenvalue weighted by atomic mass is 10.1. The summed E-state index contributed by atoms with van der Waals surface area (Å²) < 4.78 is 0. The number of halogens is 1. The number of nitro benzene ring substituents is 1. The van der Waals surface area contributed by atoms with E-state index in [9.17, 15) is 19.7 Å². The highest BCUT2D eigenvalue weighted by molar-refractivity contribution is 8.00. The first kappa shape index (κ1) is 22.8. The number of benzene rings is 3. The minimum absolute atomic E-state index is 0.00795. The van der Waals surface area contributed by atoms with Crippen molar-refractivity contribution in [2.24, 2.45) is 0 Å². The summed E-state index contributed by atoms with van der Waals surface area (Å²) in [7, 11) is 0. The number of para-hydroxylation sites is 1. The zero-order valence-corrected chi connectivity index (χ0v) is 19.4. The van der Waals surface area contributed by atoms with Gasteiger partial charge in [-0.15, -0.1) is 11.8 Å². The van der Waals surface area contributed by atoms with E-state index in [-0.39, 0.29) is 27.6 Å². The number of hydrogen-bond donors (Lipinski definition) is 1. The molecule has 1 aliphatic heterocycles. The summed E-state index contributed by atoms with van der Waals surface area (Å²) in [5.41, 5.74) is 4.00. The van der Waals surface area contributed by atoms with Gasteiger partial charge in [-0.25, -0.2) is 0 Å². The largest absolute Gasteiger partial charge is 0.322 e. The van der Waals surface area contributed by atoms with E-state index in [1.807, 2.05) is 44.2 Å². The minimum atomic E-state index is -0.629. The van der Waals surface area contributed by atoms with Crippen molar-refractivity contribution in [3.63, 3.8) is 0 Å². The van der Waals surface area contributed by atoms with Crippen molar-refractivity contribution in [3.8, 4) is 0 Å². The first-order valence-corrected chi connectivity index (χ1v) is 11.5. The number of nitro groups is 1. The molecule has 4 rings (SSSR count). The van der Waals surface area contributed by atoms with Gasteiger partial charge in [0.2, 0.25) is 5.91 Å². The second kappa shape index (κ2) is 9.25. The molecule has 0 aromatic heterocycles. The molecule has 0 aliphatic carbocycles. The summed E-state index contributed by atoms with van der Waals surface area (Å²) in [4.78, 5) is 38.1. The number of carbonyl (C=O) groups is 2. The maximum atomic E-state index is 12.9. The fraction of sp³-hybridized carbons (Fsp3) is 0.167. The molecule has 0 radical (unpaired) electrons. The van der Waals surface area contributed by atoms with Crippen LogP contribution in [0.15, 0.2) is 60.7 Å². The number of carbonyl (C=O) groups excluding carboxylic acids is 2. The predicted molar refractivity (Wildman–Crippen MR) is 131 cm³/mol. The fourth-order valence-electron chi connectivity index (χ4n) is 3.80. The number of anilines is 2. The topological polar surface area (TPSA) is 92.6 Å². The molecule has 0 bridgehead atoms. The molecule has 7 nitrogen and oxygen atoms in total. The summed E-state index contributed by atoms with van der Waals surface area (Å²) in [6.07, 6.45) is 0. The molecule has 9 heteroatoms. The lowest BCUT2D eigenvalue weighted by molar-refractivity contribution is -0.384. The van der Waals surface area contributed by atoms with E-state index >= 15 is 0 Å². The van der Waals surface area contributed by atoms with Crippen LogP contribution in [0.2, 0.25) is 5.02 Å². The molecular weight excluding hydrogens is 462 g/mol. The van der Waals surface area contributed by atoms with Crippen molar-refractivity contribution in [3.05, 3.63) is 98.1 Å². The van der Waals surface area contributed by atoms with E-state index in [4.69, 9.17) is 11.6 Å². The highest BCUT2D eigenvalue weighted by Crippen LogP contribution is 2.45. The van der Waals surface area contributed by atoms with Crippen molar-refractivity contribution in [1.29, 1.82) is 0 Å². The van der Waals surface area contributed by atoms with Crippen LogP contribution in [0.3, 0.4) is 0 Å². The number of thioether (sulfide) groups is 1. The monoisotopic (exact) mass is 481 g/mol. The second-order valence-electron chi connectivity index (χ2n) is 7.68. The van der Waals surface area contributed by atoms with E-state index < -0.39 is 10.8 Å². The average molecular weight is 482 g/mol. The van der Waals surface area contributed by atoms with Crippen LogP contribution in [-0.4, -0.2) is 22.5 Å². The van der Waals surface area contributed by atoms with Crippen LogP contribution in [0.1, 0.15) is 32.4 Å². The van der Waals surface area contributed by atoms with Gasteiger partial charge in [-0.3, -0.25) is 24.6 Å². The van der Waals surface area contributed by atoms with E-state index in [0.29, 0.717) is 11.4 Å². The molecule has 2 amide bonds. The van der Waals surface area contributed by atoms with Gasteiger partial charge in [0.15, 0.2) is 0 Å². The van der Waals surface area contributed by atoms with E-state index in [1.54, 1.807) is 17.0 Å². The van der Waals surface area contributed by atoms with E-state index in [1.165, 1.54) is 23.9 Å². The first-order chi connectivity index (χ1) is 15.8. The zero-order chi connectivity index (χ0) is 23.7. The van der Waals surface area contributed by atoms with Crippen LogP contribution >= 0.6 is 23.4 Å². The SMILES string of the molecule is Cc1ccc(N2C(=O)CSC2c2ccccc2NC(=O)c2ccc(Cl)c([N+](=O)[O-])c2)c(C)c1. The Balaban J connectivity index is 1.67. The van der Waals surface area contributed by atoms with Gasteiger partial charge in [0.05, 0.1) is 10.7 Å². The lowest BCUT2D eigenvalue weighted by Crippen LogP contribution is -2.29. The van der Waals surface area contributed by atoms with Gasteiger partial charge < -0.3 is 5.32 Å². The van der Waals surface area contributed by atoms with Crippen molar-refractivity contribution in [2.45, 2.75) is 19.2 Å². The molecule has 1 heterocycles. The lowest BCUT2D eigenvalue weighted by Gasteiger charge is -2.27. The summed E-state index contributed by atoms with van der Waals surface area (Å²) >= 11 is 7.35. The number of nitrogens with one attached hydrogen (secondary N) is 1. The minimum Gasteiger partial charge on any atom is -0.322 e. The second-order valence-corrected chi connectivity index (χ2v) is 9.16. The van der Waals surface area contributed by atoms with Crippen LogP contribution in [0.25, 0.3) is 0 Å². The van der Waals surface area contributed by atoms with Gasteiger partial charge >= 0.3 is 0 Å². The molecule has 0 spiro atoms. The van der Waals surface area contributed by atoms with Crippen molar-refractivity contribution >= 4 is 52.2 Å². The molecule has 3 aromatic rings. The molecule has 1 N–H and O–H groups in total. The Kier molecular flexibility index (Phi) is 6.40. The number of amides is 2.